The van der Waals surface area contributed by atoms with Crippen LogP contribution in [0.3, 0.4) is 0 Å². The Kier molecular flexibility index (Phi) is 2.06. The molecule has 2 saturated carbocycles. The van der Waals surface area contributed by atoms with Gasteiger partial charge in [-0.1, -0.05) is 0 Å². The van der Waals surface area contributed by atoms with Crippen LogP contribution < -0.4 is 0 Å². The first kappa shape index (κ1) is 8.74. The van der Waals surface area contributed by atoms with Crippen molar-refractivity contribution in [2.24, 2.45) is 17.3 Å². The molecule has 2 rings (SSSR count). The molecule has 12 heavy (non-hydrogen) atoms. The number of halogens is 3. The minimum absolute atomic E-state index is 0.0174. The van der Waals surface area contributed by atoms with Crippen molar-refractivity contribution < 1.29 is 8.78 Å². The highest BCUT2D eigenvalue weighted by atomic mass is 35.5. The summed E-state index contributed by atoms with van der Waals surface area (Å²) in [6.07, 6.45) is 1.00. The van der Waals surface area contributed by atoms with Crippen molar-refractivity contribution in [1.29, 1.82) is 0 Å². The number of hydrogen-bond acceptors (Lipinski definition) is 0. The molecule has 0 radical (unpaired) electrons. The maximum Gasteiger partial charge on any atom is 0.239 e. The lowest BCUT2D eigenvalue weighted by Crippen LogP contribution is -2.23. The van der Waals surface area contributed by atoms with Crippen LogP contribution in [0.2, 0.25) is 0 Å². The molecule has 2 unspecified atom stereocenters. The highest BCUT2D eigenvalue weighted by Crippen LogP contribution is 2.61. The predicted octanol–water partition coefficient (Wildman–Crippen LogP) is 3.30. The maximum absolute atomic E-state index is 12.2. The Morgan fingerprint density at radius 3 is 2.33 bits per heavy atom. The third kappa shape index (κ3) is 1.46. The van der Waals surface area contributed by atoms with Gasteiger partial charge in [0.25, 0.3) is 0 Å². The van der Waals surface area contributed by atoms with E-state index in [1.54, 1.807) is 0 Å². The lowest BCUT2D eigenvalue weighted by atomic mass is 9.82. The van der Waals surface area contributed by atoms with Gasteiger partial charge in [0, 0.05) is 12.3 Å². The summed E-state index contributed by atoms with van der Waals surface area (Å²) in [5, 5.41) is 0. The SMILES string of the molecule is FC(F)CC1(CCl)CC2CC2C1. The molecule has 0 N–H and O–H groups in total. The Hall–Kier alpha value is 0.150. The third-order valence-corrected chi connectivity index (χ3v) is 3.90. The van der Waals surface area contributed by atoms with Crippen LogP contribution in [0, 0.1) is 17.3 Å². The van der Waals surface area contributed by atoms with E-state index in [-0.39, 0.29) is 11.8 Å². The van der Waals surface area contributed by atoms with Crippen LogP contribution in [-0.4, -0.2) is 12.3 Å². The summed E-state index contributed by atoms with van der Waals surface area (Å²) in [4.78, 5) is 0. The number of rotatable bonds is 3. The molecule has 0 nitrogen and oxygen atoms in total. The van der Waals surface area contributed by atoms with E-state index in [0.717, 1.165) is 24.7 Å². The van der Waals surface area contributed by atoms with Crippen LogP contribution in [0.25, 0.3) is 0 Å². The van der Waals surface area contributed by atoms with E-state index in [9.17, 15) is 8.78 Å². The molecule has 0 amide bonds. The van der Waals surface area contributed by atoms with Crippen molar-refractivity contribution >= 4 is 11.6 Å². The fourth-order valence-electron chi connectivity index (χ4n) is 2.66. The van der Waals surface area contributed by atoms with Gasteiger partial charge in [0.15, 0.2) is 0 Å². The summed E-state index contributed by atoms with van der Waals surface area (Å²) in [5.41, 5.74) is -0.205. The van der Waals surface area contributed by atoms with Gasteiger partial charge in [-0.2, -0.15) is 0 Å². The van der Waals surface area contributed by atoms with Gasteiger partial charge in [-0.15, -0.1) is 11.6 Å². The van der Waals surface area contributed by atoms with Crippen LogP contribution in [0.15, 0.2) is 0 Å². The first-order valence-electron chi connectivity index (χ1n) is 4.49. The summed E-state index contributed by atoms with van der Waals surface area (Å²) in [6.45, 7) is 0. The second kappa shape index (κ2) is 2.83. The molecule has 70 valence electrons. The molecule has 0 aromatic rings. The van der Waals surface area contributed by atoms with Crippen molar-refractivity contribution in [3.63, 3.8) is 0 Å². The summed E-state index contributed by atoms with van der Waals surface area (Å²) in [6, 6.07) is 0. The molecule has 0 aromatic heterocycles. The molecule has 2 atom stereocenters. The number of hydrogen-bond donors (Lipinski definition) is 0. The molecule has 2 fully saturated rings. The zero-order chi connectivity index (χ0) is 8.77. The smallest absolute Gasteiger partial charge is 0.211 e. The fraction of sp³-hybridized carbons (Fsp3) is 1.00. The highest BCUT2D eigenvalue weighted by Gasteiger charge is 2.53. The van der Waals surface area contributed by atoms with Crippen LogP contribution in [-0.2, 0) is 0 Å². The van der Waals surface area contributed by atoms with E-state index in [1.807, 2.05) is 0 Å². The maximum atomic E-state index is 12.2. The molecule has 0 saturated heterocycles. The van der Waals surface area contributed by atoms with Gasteiger partial charge in [-0.3, -0.25) is 0 Å². The van der Waals surface area contributed by atoms with Gasteiger partial charge in [-0.05, 0) is 36.5 Å². The molecular weight excluding hydrogens is 182 g/mol. The molecule has 0 spiro atoms. The molecule has 2 aliphatic rings. The van der Waals surface area contributed by atoms with Crippen LogP contribution in [0.1, 0.15) is 25.7 Å². The van der Waals surface area contributed by atoms with Gasteiger partial charge in [0.2, 0.25) is 6.43 Å². The molecule has 0 bridgehead atoms. The molecular formula is C9H13ClF2. The van der Waals surface area contributed by atoms with Crippen molar-refractivity contribution in [2.45, 2.75) is 32.1 Å². The average Bonchev–Trinajstić information content (AvgIpc) is 2.59. The Balaban J connectivity index is 1.96. The van der Waals surface area contributed by atoms with Gasteiger partial charge >= 0.3 is 0 Å². The predicted molar refractivity (Wildman–Crippen MR) is 44.6 cm³/mol. The molecule has 3 heteroatoms. The van der Waals surface area contributed by atoms with E-state index >= 15 is 0 Å². The minimum atomic E-state index is -2.18. The van der Waals surface area contributed by atoms with E-state index < -0.39 is 6.43 Å². The molecule has 0 aliphatic heterocycles. The van der Waals surface area contributed by atoms with Gasteiger partial charge in [0.1, 0.15) is 0 Å². The van der Waals surface area contributed by atoms with E-state index in [0.29, 0.717) is 5.88 Å². The second-order valence-corrected chi connectivity index (χ2v) is 4.66. The average molecular weight is 195 g/mol. The first-order chi connectivity index (χ1) is 5.65. The van der Waals surface area contributed by atoms with Crippen LogP contribution >= 0.6 is 11.6 Å². The number of fused-ring (bicyclic) bond motifs is 1. The van der Waals surface area contributed by atoms with Crippen LogP contribution in [0.5, 0.6) is 0 Å². The Labute approximate surface area is 76.3 Å². The summed E-state index contributed by atoms with van der Waals surface area (Å²) < 4.78 is 24.4. The van der Waals surface area contributed by atoms with Gasteiger partial charge in [-0.25, -0.2) is 8.78 Å². The van der Waals surface area contributed by atoms with Crippen molar-refractivity contribution in [3.8, 4) is 0 Å². The Morgan fingerprint density at radius 1 is 1.33 bits per heavy atom. The lowest BCUT2D eigenvalue weighted by Gasteiger charge is -2.27. The van der Waals surface area contributed by atoms with Gasteiger partial charge in [0.05, 0.1) is 0 Å². The lowest BCUT2D eigenvalue weighted by molar-refractivity contribution is 0.0782. The highest BCUT2D eigenvalue weighted by molar-refractivity contribution is 6.18. The van der Waals surface area contributed by atoms with Crippen molar-refractivity contribution in [1.82, 2.24) is 0 Å². The molecule has 0 aromatic carbocycles. The first-order valence-corrected chi connectivity index (χ1v) is 5.03. The quantitative estimate of drug-likeness (QED) is 0.605. The van der Waals surface area contributed by atoms with Crippen molar-refractivity contribution in [3.05, 3.63) is 0 Å². The van der Waals surface area contributed by atoms with E-state index in [1.165, 1.54) is 6.42 Å². The summed E-state index contributed by atoms with van der Waals surface area (Å²) in [5.74, 6) is 1.90. The monoisotopic (exact) mass is 194 g/mol. The summed E-state index contributed by atoms with van der Waals surface area (Å²) in [7, 11) is 0. The second-order valence-electron chi connectivity index (χ2n) is 4.39. The van der Waals surface area contributed by atoms with Crippen molar-refractivity contribution in [2.75, 3.05) is 5.88 Å². The van der Waals surface area contributed by atoms with Crippen LogP contribution in [0.4, 0.5) is 8.78 Å². The third-order valence-electron chi connectivity index (χ3n) is 3.33. The van der Waals surface area contributed by atoms with Gasteiger partial charge < -0.3 is 0 Å². The normalized spacial score (nSPS) is 45.0. The molecule has 0 heterocycles. The van der Waals surface area contributed by atoms with E-state index in [2.05, 4.69) is 0 Å². The minimum Gasteiger partial charge on any atom is -0.211 e. The Bertz CT molecular complexity index is 171. The summed E-state index contributed by atoms with van der Waals surface area (Å²) >= 11 is 5.76. The molecule has 2 aliphatic carbocycles. The zero-order valence-corrected chi connectivity index (χ0v) is 7.66. The standard InChI is InChI=1S/C9H13ClF2/c10-5-9(4-8(11)12)2-6-1-7(6)3-9/h6-8H,1-5H2. The topological polar surface area (TPSA) is 0 Å². The largest absolute Gasteiger partial charge is 0.239 e. The Morgan fingerprint density at radius 2 is 1.92 bits per heavy atom. The number of alkyl halides is 3. The van der Waals surface area contributed by atoms with E-state index in [4.69, 9.17) is 11.6 Å². The fourth-order valence-corrected chi connectivity index (χ4v) is 2.99. The zero-order valence-electron chi connectivity index (χ0n) is 6.90.